The number of likely N-dealkylation sites (tertiary alicyclic amines) is 1. The zero-order valence-electron chi connectivity index (χ0n) is 21.8. The minimum Gasteiger partial charge on any atom is -0.445 e. The standard InChI is InChI=1S/C29H26F4N4O3/c1-17-14-19(26-35-27(40-36-26)29(31,32)33)15-34-23(17)16-37-12-10-18(11-13-37)22-4-3-5-24-25(22)39-28(2,38-24)20-6-8-21(30)9-7-20/h3-9,14-15,18H,10-13,16H2,1-2H3. The normalized spacial score (nSPS) is 19.8. The molecule has 0 spiro atoms. The highest BCUT2D eigenvalue weighted by Crippen LogP contribution is 2.49. The Morgan fingerprint density at radius 3 is 2.48 bits per heavy atom. The van der Waals surface area contributed by atoms with Crippen LogP contribution in [-0.2, 0) is 18.5 Å². The quantitative estimate of drug-likeness (QED) is 0.257. The molecule has 2 aromatic heterocycles. The van der Waals surface area contributed by atoms with Gasteiger partial charge in [-0.2, -0.15) is 18.2 Å². The molecule has 1 unspecified atom stereocenters. The van der Waals surface area contributed by atoms with Gasteiger partial charge in [-0.25, -0.2) is 4.39 Å². The van der Waals surface area contributed by atoms with E-state index in [2.05, 4.69) is 30.6 Å². The maximum atomic E-state index is 13.5. The largest absolute Gasteiger partial charge is 0.471 e. The number of piperidine rings is 1. The first-order chi connectivity index (χ1) is 19.1. The molecule has 4 aromatic rings. The number of nitrogens with zero attached hydrogens (tertiary/aromatic N) is 4. The minimum absolute atomic E-state index is 0.146. The van der Waals surface area contributed by atoms with Gasteiger partial charge in [0.15, 0.2) is 11.5 Å². The monoisotopic (exact) mass is 554 g/mol. The summed E-state index contributed by atoms with van der Waals surface area (Å²) in [5.74, 6) is -1.18. The van der Waals surface area contributed by atoms with E-state index in [9.17, 15) is 17.6 Å². The van der Waals surface area contributed by atoms with Crippen molar-refractivity contribution in [3.8, 4) is 22.9 Å². The van der Waals surface area contributed by atoms with Crippen LogP contribution in [0.3, 0.4) is 0 Å². The Hall–Kier alpha value is -3.99. The van der Waals surface area contributed by atoms with Gasteiger partial charge in [-0.05, 0) is 80.7 Å². The highest BCUT2D eigenvalue weighted by molar-refractivity contribution is 5.54. The molecular weight excluding hydrogens is 528 g/mol. The molecular formula is C29H26F4N4O3. The van der Waals surface area contributed by atoms with Gasteiger partial charge < -0.3 is 14.0 Å². The summed E-state index contributed by atoms with van der Waals surface area (Å²) in [7, 11) is 0. The predicted octanol–water partition coefficient (Wildman–Crippen LogP) is 6.62. The molecule has 4 heterocycles. The van der Waals surface area contributed by atoms with E-state index in [1.54, 1.807) is 18.2 Å². The van der Waals surface area contributed by atoms with Gasteiger partial charge in [-0.1, -0.05) is 17.3 Å². The summed E-state index contributed by atoms with van der Waals surface area (Å²) >= 11 is 0. The van der Waals surface area contributed by atoms with Crippen molar-refractivity contribution < 1.29 is 31.6 Å². The third kappa shape index (κ3) is 5.01. The molecule has 0 radical (unpaired) electrons. The molecule has 2 aliphatic rings. The molecule has 0 amide bonds. The van der Waals surface area contributed by atoms with Gasteiger partial charge in [-0.3, -0.25) is 9.88 Å². The van der Waals surface area contributed by atoms with Gasteiger partial charge >= 0.3 is 12.1 Å². The average molecular weight is 555 g/mol. The number of para-hydroxylation sites is 1. The van der Waals surface area contributed by atoms with Gasteiger partial charge in [0.05, 0.1) is 5.69 Å². The number of halogens is 4. The zero-order chi connectivity index (χ0) is 28.1. The van der Waals surface area contributed by atoms with Crippen LogP contribution in [0.4, 0.5) is 17.6 Å². The second-order valence-corrected chi connectivity index (χ2v) is 10.3. The lowest BCUT2D eigenvalue weighted by Crippen LogP contribution is -2.33. The minimum atomic E-state index is -4.69. The molecule has 0 bridgehead atoms. The van der Waals surface area contributed by atoms with E-state index < -0.39 is 17.9 Å². The van der Waals surface area contributed by atoms with E-state index in [4.69, 9.17) is 9.47 Å². The summed E-state index contributed by atoms with van der Waals surface area (Å²) < 4.78 is 68.7. The fourth-order valence-corrected chi connectivity index (χ4v) is 5.30. The molecule has 208 valence electrons. The molecule has 40 heavy (non-hydrogen) atoms. The topological polar surface area (TPSA) is 73.5 Å². The van der Waals surface area contributed by atoms with Crippen molar-refractivity contribution in [2.24, 2.45) is 0 Å². The van der Waals surface area contributed by atoms with Gasteiger partial charge in [-0.15, -0.1) is 0 Å². The van der Waals surface area contributed by atoms with Crippen molar-refractivity contribution in [1.82, 2.24) is 20.0 Å². The Morgan fingerprint density at radius 2 is 1.80 bits per heavy atom. The summed E-state index contributed by atoms with van der Waals surface area (Å²) in [6.07, 6.45) is -1.40. The maximum Gasteiger partial charge on any atom is 0.471 e. The molecule has 0 N–H and O–H groups in total. The average Bonchev–Trinajstić information content (AvgIpc) is 3.56. The van der Waals surface area contributed by atoms with E-state index in [1.165, 1.54) is 18.3 Å². The SMILES string of the molecule is Cc1cc(-c2noc(C(F)(F)F)n2)cnc1CN1CCC(c2cccc3c2OC(C)(c2ccc(F)cc2)O3)CC1. The lowest BCUT2D eigenvalue weighted by molar-refractivity contribution is -0.159. The third-order valence-corrected chi connectivity index (χ3v) is 7.49. The van der Waals surface area contributed by atoms with Crippen molar-refractivity contribution in [3.05, 3.63) is 88.8 Å². The van der Waals surface area contributed by atoms with E-state index in [0.717, 1.165) is 54.1 Å². The van der Waals surface area contributed by atoms with Crippen molar-refractivity contribution in [1.29, 1.82) is 0 Å². The lowest BCUT2D eigenvalue weighted by Gasteiger charge is -2.32. The number of rotatable bonds is 5. The highest BCUT2D eigenvalue weighted by Gasteiger charge is 2.41. The number of hydrogen-bond donors (Lipinski definition) is 0. The first-order valence-electron chi connectivity index (χ1n) is 13.0. The Labute approximate surface area is 227 Å². The van der Waals surface area contributed by atoms with Crippen molar-refractivity contribution >= 4 is 0 Å². The van der Waals surface area contributed by atoms with Crippen LogP contribution in [0.5, 0.6) is 11.5 Å². The molecule has 1 fully saturated rings. The molecule has 11 heteroatoms. The van der Waals surface area contributed by atoms with Crippen molar-refractivity contribution in [3.63, 3.8) is 0 Å². The number of hydrogen-bond acceptors (Lipinski definition) is 7. The number of alkyl halides is 3. The molecule has 2 aromatic carbocycles. The fourth-order valence-electron chi connectivity index (χ4n) is 5.30. The Kier molecular flexibility index (Phi) is 6.48. The van der Waals surface area contributed by atoms with Crippen LogP contribution in [0.25, 0.3) is 11.4 Å². The summed E-state index contributed by atoms with van der Waals surface area (Å²) in [6, 6.07) is 13.8. The molecule has 1 atom stereocenters. The van der Waals surface area contributed by atoms with Gasteiger partial charge in [0.25, 0.3) is 5.79 Å². The van der Waals surface area contributed by atoms with Crippen LogP contribution in [0, 0.1) is 12.7 Å². The molecule has 6 rings (SSSR count). The number of ether oxygens (including phenoxy) is 2. The van der Waals surface area contributed by atoms with Crippen LogP contribution in [0.1, 0.15) is 54.0 Å². The number of fused-ring (bicyclic) bond motifs is 1. The van der Waals surface area contributed by atoms with Gasteiger partial charge in [0.2, 0.25) is 5.82 Å². The van der Waals surface area contributed by atoms with Crippen LogP contribution < -0.4 is 9.47 Å². The van der Waals surface area contributed by atoms with Crippen LogP contribution in [0.2, 0.25) is 0 Å². The maximum absolute atomic E-state index is 13.5. The molecule has 7 nitrogen and oxygen atoms in total. The second-order valence-electron chi connectivity index (χ2n) is 10.3. The van der Waals surface area contributed by atoms with E-state index in [-0.39, 0.29) is 17.6 Å². The first-order valence-corrected chi connectivity index (χ1v) is 13.0. The number of pyridine rings is 1. The van der Waals surface area contributed by atoms with Crippen LogP contribution in [-0.4, -0.2) is 33.1 Å². The molecule has 0 aliphatic carbocycles. The Morgan fingerprint density at radius 1 is 1.05 bits per heavy atom. The first kappa shape index (κ1) is 26.2. The fraction of sp³-hybridized carbons (Fsp3) is 0.345. The summed E-state index contributed by atoms with van der Waals surface area (Å²) in [5, 5.41) is 3.44. The van der Waals surface area contributed by atoms with Crippen LogP contribution in [0.15, 0.2) is 59.3 Å². The number of benzene rings is 2. The Bertz CT molecular complexity index is 1530. The second kappa shape index (κ2) is 9.88. The van der Waals surface area contributed by atoms with Crippen molar-refractivity contribution in [2.75, 3.05) is 13.1 Å². The Balaban J connectivity index is 1.11. The van der Waals surface area contributed by atoms with Crippen molar-refractivity contribution in [2.45, 2.75) is 51.1 Å². The number of aromatic nitrogens is 3. The molecule has 2 aliphatic heterocycles. The van der Waals surface area contributed by atoms with Gasteiger partial charge in [0, 0.05) is 36.4 Å². The number of aryl methyl sites for hydroxylation is 1. The molecule has 1 saturated heterocycles. The summed E-state index contributed by atoms with van der Waals surface area (Å²) in [4.78, 5) is 10.2. The highest BCUT2D eigenvalue weighted by atomic mass is 19.4. The third-order valence-electron chi connectivity index (χ3n) is 7.49. The van der Waals surface area contributed by atoms with E-state index >= 15 is 0 Å². The van der Waals surface area contributed by atoms with Gasteiger partial charge in [0.1, 0.15) is 5.82 Å². The lowest BCUT2D eigenvalue weighted by atomic mass is 9.88. The smallest absolute Gasteiger partial charge is 0.445 e. The van der Waals surface area contributed by atoms with E-state index in [0.29, 0.717) is 17.9 Å². The van der Waals surface area contributed by atoms with Crippen LogP contribution >= 0.6 is 0 Å². The summed E-state index contributed by atoms with van der Waals surface area (Å²) in [5.41, 5.74) is 3.88. The van der Waals surface area contributed by atoms with E-state index in [1.807, 2.05) is 26.0 Å². The predicted molar refractivity (Wildman–Crippen MR) is 136 cm³/mol. The summed E-state index contributed by atoms with van der Waals surface area (Å²) in [6.45, 7) is 6.00. The molecule has 0 saturated carbocycles. The zero-order valence-corrected chi connectivity index (χ0v) is 21.8.